The first kappa shape index (κ1) is 17.5. The van der Waals surface area contributed by atoms with Crippen LogP contribution in [-0.4, -0.2) is 39.1 Å². The Morgan fingerprint density at radius 2 is 1.58 bits per heavy atom. The Morgan fingerprint density at radius 1 is 1.33 bits per heavy atom. The van der Waals surface area contributed by atoms with Gasteiger partial charge in [-0.05, 0) is 28.1 Å². The molecule has 12 heavy (non-hydrogen) atoms. The number of hydrogen-bond acceptors (Lipinski definition) is 3. The molecule has 0 fully saturated rings. The van der Waals surface area contributed by atoms with Gasteiger partial charge in [-0.1, -0.05) is 6.58 Å². The van der Waals surface area contributed by atoms with E-state index in [0.29, 0.717) is 5.57 Å². The first-order valence-corrected chi connectivity index (χ1v) is 3.26. The molecule has 0 radical (unpaired) electrons. The smallest absolute Gasteiger partial charge is 0.332 e. The maximum atomic E-state index is 10.2. The number of nitrogens with zero attached hydrogens (tertiary/aromatic N) is 1. The highest BCUT2D eigenvalue weighted by Crippen LogP contribution is 1.87. The predicted molar refractivity (Wildman–Crippen MR) is 49.2 cm³/mol. The van der Waals surface area contributed by atoms with Crippen molar-refractivity contribution >= 4 is 5.97 Å². The summed E-state index contributed by atoms with van der Waals surface area (Å²) in [4.78, 5) is 12.2. The lowest BCUT2D eigenvalue weighted by Gasteiger charge is -1.91. The third-order valence-electron chi connectivity index (χ3n) is 0.534. The first-order valence-electron chi connectivity index (χ1n) is 3.26. The topological polar surface area (TPSA) is 29.5 Å². The fourth-order valence-electron chi connectivity index (χ4n) is 0.174. The van der Waals surface area contributed by atoms with E-state index in [1.54, 1.807) is 6.92 Å². The fraction of sp³-hybridized carbons (Fsp3) is 0.625. The van der Waals surface area contributed by atoms with E-state index in [1.807, 2.05) is 26.0 Å². The third-order valence-corrected chi connectivity index (χ3v) is 0.534. The van der Waals surface area contributed by atoms with Crippen LogP contribution in [0, 0.1) is 12.4 Å². The van der Waals surface area contributed by atoms with Gasteiger partial charge in [-0.25, -0.2) is 4.79 Å². The predicted octanol–water partition coefficient (Wildman–Crippen LogP) is 0.378. The van der Waals surface area contributed by atoms with Crippen molar-refractivity contribution in [1.82, 2.24) is 4.90 Å². The van der Waals surface area contributed by atoms with Crippen LogP contribution >= 0.6 is 0 Å². The zero-order chi connectivity index (χ0) is 9.44. The van der Waals surface area contributed by atoms with Gasteiger partial charge in [0.15, 0.2) is 0 Å². The number of carbonyl (C=O) groups is 1. The van der Waals surface area contributed by atoms with Crippen LogP contribution < -0.4 is 0 Å². The fourth-order valence-corrected chi connectivity index (χ4v) is 0.174. The number of carbonyl (C=O) groups excluding carboxylic acids is 1. The second kappa shape index (κ2) is 10.5. The van der Waals surface area contributed by atoms with Gasteiger partial charge in [-0.2, -0.15) is 0 Å². The molecule has 0 aliphatic heterocycles. The minimum absolute atomic E-state index is 0. The van der Waals surface area contributed by atoms with Crippen molar-refractivity contribution in [2.24, 2.45) is 0 Å². The van der Waals surface area contributed by atoms with E-state index in [2.05, 4.69) is 11.3 Å². The normalized spacial score (nSPS) is 7.50. The third kappa shape index (κ3) is 22.7. The zero-order valence-electron chi connectivity index (χ0n) is 8.42. The van der Waals surface area contributed by atoms with Gasteiger partial charge in [0.25, 0.3) is 0 Å². The monoisotopic (exact) mass is 196 g/mol. The van der Waals surface area contributed by atoms with Gasteiger partial charge < -0.3 is 9.64 Å². The minimum Gasteiger partial charge on any atom is -0.466 e. The maximum absolute atomic E-state index is 10.2. The van der Waals surface area contributed by atoms with Gasteiger partial charge in [-0.15, -0.1) is 0 Å². The van der Waals surface area contributed by atoms with Crippen LogP contribution in [0.4, 0.5) is 0 Å². The van der Waals surface area contributed by atoms with E-state index < -0.39 is 0 Å². The van der Waals surface area contributed by atoms with Gasteiger partial charge in [0.1, 0.15) is 0 Å². The number of esters is 1. The standard InChI is InChI=1S/C5H8O2.C3H9N.ClH2/c1-4(2)5(6)7-3;1-4(2)3;/h1H2,2-3H3;1-3H3;1H2/q;;+1. The second-order valence-electron chi connectivity index (χ2n) is 2.61. The van der Waals surface area contributed by atoms with E-state index in [0.717, 1.165) is 0 Å². The molecule has 0 aliphatic carbocycles. The summed E-state index contributed by atoms with van der Waals surface area (Å²) in [6, 6.07) is 0. The molecule has 0 bridgehead atoms. The summed E-state index contributed by atoms with van der Waals surface area (Å²) in [5, 5.41) is 0. The molecule has 0 aromatic rings. The summed E-state index contributed by atoms with van der Waals surface area (Å²) in [5.41, 5.74) is 0.433. The molecule has 0 amide bonds. The van der Waals surface area contributed by atoms with Crippen molar-refractivity contribution in [3.05, 3.63) is 12.2 Å². The summed E-state index contributed by atoms with van der Waals surface area (Å²) in [7, 11) is 7.33. The van der Waals surface area contributed by atoms with Crippen LogP contribution in [0.3, 0.4) is 0 Å². The average molecular weight is 197 g/mol. The molecule has 0 aromatic carbocycles. The Morgan fingerprint density at radius 3 is 1.58 bits per heavy atom. The van der Waals surface area contributed by atoms with Crippen molar-refractivity contribution in [2.45, 2.75) is 6.92 Å². The van der Waals surface area contributed by atoms with Gasteiger partial charge >= 0.3 is 5.97 Å². The van der Waals surface area contributed by atoms with Crippen LogP contribution in [0.1, 0.15) is 6.92 Å². The van der Waals surface area contributed by atoms with Crippen LogP contribution in [-0.2, 0) is 9.53 Å². The lowest BCUT2D eigenvalue weighted by molar-refractivity contribution is -0.136. The molecular formula is C8H19ClNO2+. The van der Waals surface area contributed by atoms with Crippen molar-refractivity contribution < 1.29 is 21.9 Å². The van der Waals surface area contributed by atoms with E-state index >= 15 is 0 Å². The largest absolute Gasteiger partial charge is 0.466 e. The van der Waals surface area contributed by atoms with Crippen LogP contribution in [0.25, 0.3) is 0 Å². The van der Waals surface area contributed by atoms with Gasteiger partial charge in [0.2, 0.25) is 0 Å². The Labute approximate surface area is 80.8 Å². The Bertz CT molecular complexity index is 132. The SMILES string of the molecule is C=C(C)C(=O)OC.CN(C)C.[ClH2+]. The van der Waals surface area contributed by atoms with Crippen molar-refractivity contribution in [3.63, 3.8) is 0 Å². The lowest BCUT2D eigenvalue weighted by Crippen LogP contribution is -1.99. The number of methoxy groups -OCH3 is 1. The minimum atomic E-state index is -0.347. The molecular weight excluding hydrogens is 178 g/mol. The summed E-state index contributed by atoms with van der Waals surface area (Å²) in [6.45, 7) is 4.95. The molecule has 0 saturated carbocycles. The first-order chi connectivity index (χ1) is 4.91. The second-order valence-corrected chi connectivity index (χ2v) is 2.61. The van der Waals surface area contributed by atoms with E-state index in [1.165, 1.54) is 7.11 Å². The van der Waals surface area contributed by atoms with Crippen molar-refractivity contribution in [3.8, 4) is 0 Å². The molecule has 3 nitrogen and oxygen atoms in total. The molecule has 0 heterocycles. The molecule has 0 N–H and O–H groups in total. The highest BCUT2D eigenvalue weighted by atomic mass is 35.5. The summed E-state index contributed by atoms with van der Waals surface area (Å²) < 4.78 is 4.27. The molecule has 0 atom stereocenters. The maximum Gasteiger partial charge on any atom is 0.332 e. The van der Waals surface area contributed by atoms with Crippen LogP contribution in [0.5, 0.6) is 0 Å². The van der Waals surface area contributed by atoms with Crippen molar-refractivity contribution in [2.75, 3.05) is 28.3 Å². The van der Waals surface area contributed by atoms with E-state index in [4.69, 9.17) is 0 Å². The number of rotatable bonds is 1. The van der Waals surface area contributed by atoms with Crippen molar-refractivity contribution in [1.29, 1.82) is 0 Å². The highest BCUT2D eigenvalue weighted by molar-refractivity contribution is 5.86. The molecule has 4 heteroatoms. The number of hydrogen-bond donors (Lipinski definition) is 0. The Hall–Kier alpha value is -0.540. The zero-order valence-corrected chi connectivity index (χ0v) is 9.31. The lowest BCUT2D eigenvalue weighted by atomic mass is 10.4. The summed E-state index contributed by atoms with van der Waals surface area (Å²) in [6.07, 6.45) is 0. The number of halogens is 1. The van der Waals surface area contributed by atoms with E-state index in [9.17, 15) is 4.79 Å². The average Bonchev–Trinajstić information content (AvgIpc) is 1.85. The quantitative estimate of drug-likeness (QED) is 0.449. The summed E-state index contributed by atoms with van der Waals surface area (Å²) >= 11 is 0. The van der Waals surface area contributed by atoms with Gasteiger partial charge in [0.05, 0.1) is 19.5 Å². The molecule has 0 saturated heterocycles. The molecule has 0 aliphatic rings. The Kier molecular flexibility index (Phi) is 15.3. The molecule has 74 valence electrons. The summed E-state index contributed by atoms with van der Waals surface area (Å²) in [5.74, 6) is -0.347. The van der Waals surface area contributed by atoms with Crippen LogP contribution in [0.15, 0.2) is 12.2 Å². The molecule has 0 unspecified atom stereocenters. The highest BCUT2D eigenvalue weighted by Gasteiger charge is 1.95. The van der Waals surface area contributed by atoms with Gasteiger partial charge in [0, 0.05) is 5.57 Å². The molecule has 0 rings (SSSR count). The van der Waals surface area contributed by atoms with Gasteiger partial charge in [-0.3, -0.25) is 0 Å². The van der Waals surface area contributed by atoms with Crippen LogP contribution in [0.2, 0.25) is 0 Å². The Balaban J connectivity index is -0.000000142. The molecule has 0 spiro atoms. The van der Waals surface area contributed by atoms with E-state index in [-0.39, 0.29) is 18.4 Å². The number of ether oxygens (including phenoxy) is 1. The molecule has 0 aromatic heterocycles.